The van der Waals surface area contributed by atoms with Crippen LogP contribution in [0, 0.1) is 16.7 Å². The van der Waals surface area contributed by atoms with Gasteiger partial charge in [-0.3, -0.25) is 4.79 Å². The molecule has 4 nitrogen and oxygen atoms in total. The molecular formula is C23H32O4. The van der Waals surface area contributed by atoms with E-state index in [9.17, 15) is 14.7 Å². The smallest absolute Gasteiger partial charge is 0.331 e. The standard InChI is InChI=1S/C23H32O4/c1-6-7-8-9-10-12-19(25)27-18-15-17(2)23(26,16-24)22(5)14-11-13-21(3,4)20(18)22/h6-10,12,15-16,18,20,26H,11,13-14H2,1-5H3/t18-,20+,22+,23-/m1/s1. The van der Waals surface area contributed by atoms with Crippen LogP contribution in [0.5, 0.6) is 0 Å². The van der Waals surface area contributed by atoms with Crippen molar-refractivity contribution in [3.63, 3.8) is 0 Å². The van der Waals surface area contributed by atoms with E-state index in [1.807, 2.05) is 32.1 Å². The maximum absolute atomic E-state index is 12.3. The maximum atomic E-state index is 12.3. The van der Waals surface area contributed by atoms with E-state index < -0.39 is 23.1 Å². The van der Waals surface area contributed by atoms with E-state index in [4.69, 9.17) is 4.74 Å². The Labute approximate surface area is 162 Å². The number of allylic oxidation sites excluding steroid dienone is 5. The number of esters is 1. The van der Waals surface area contributed by atoms with Gasteiger partial charge in [0.25, 0.3) is 0 Å². The predicted molar refractivity (Wildman–Crippen MR) is 107 cm³/mol. The third kappa shape index (κ3) is 3.86. The summed E-state index contributed by atoms with van der Waals surface area (Å²) in [4.78, 5) is 24.2. The summed E-state index contributed by atoms with van der Waals surface area (Å²) in [7, 11) is 0. The van der Waals surface area contributed by atoms with Gasteiger partial charge in [-0.25, -0.2) is 4.79 Å². The summed E-state index contributed by atoms with van der Waals surface area (Å²) in [5.74, 6) is -0.567. The van der Waals surface area contributed by atoms with Crippen molar-refractivity contribution in [2.45, 2.75) is 65.6 Å². The van der Waals surface area contributed by atoms with E-state index in [1.54, 1.807) is 25.2 Å². The molecule has 2 aliphatic rings. The van der Waals surface area contributed by atoms with Gasteiger partial charge in [-0.05, 0) is 43.8 Å². The van der Waals surface area contributed by atoms with Gasteiger partial charge < -0.3 is 9.84 Å². The van der Waals surface area contributed by atoms with E-state index in [0.29, 0.717) is 11.9 Å². The van der Waals surface area contributed by atoms with Gasteiger partial charge in [0, 0.05) is 17.4 Å². The first-order valence-electron chi connectivity index (χ1n) is 9.66. The molecule has 0 unspecified atom stereocenters. The van der Waals surface area contributed by atoms with Crippen molar-refractivity contribution in [3.05, 3.63) is 48.1 Å². The van der Waals surface area contributed by atoms with Crippen molar-refractivity contribution in [1.82, 2.24) is 0 Å². The first kappa shape index (κ1) is 21.4. The lowest BCUT2D eigenvalue weighted by Gasteiger charge is -2.60. The summed E-state index contributed by atoms with van der Waals surface area (Å²) in [6.07, 6.45) is 15.0. The van der Waals surface area contributed by atoms with Gasteiger partial charge in [0.15, 0.2) is 6.29 Å². The topological polar surface area (TPSA) is 63.6 Å². The van der Waals surface area contributed by atoms with Crippen molar-refractivity contribution >= 4 is 12.3 Å². The van der Waals surface area contributed by atoms with Crippen molar-refractivity contribution in [2.24, 2.45) is 16.7 Å². The molecule has 1 fully saturated rings. The van der Waals surface area contributed by atoms with Crippen LogP contribution in [0.15, 0.2) is 48.1 Å². The fraction of sp³-hybridized carbons (Fsp3) is 0.565. The molecule has 0 aromatic carbocycles. The van der Waals surface area contributed by atoms with Crippen LogP contribution in [0.2, 0.25) is 0 Å². The van der Waals surface area contributed by atoms with Gasteiger partial charge in [0.05, 0.1) is 0 Å². The highest BCUT2D eigenvalue weighted by Crippen LogP contribution is 2.61. The first-order chi connectivity index (χ1) is 12.6. The summed E-state index contributed by atoms with van der Waals surface area (Å²) < 4.78 is 5.80. The van der Waals surface area contributed by atoms with Crippen LogP contribution in [0.25, 0.3) is 0 Å². The highest BCUT2D eigenvalue weighted by molar-refractivity contribution is 5.82. The second kappa shape index (κ2) is 7.97. The molecular weight excluding hydrogens is 340 g/mol. The summed E-state index contributed by atoms with van der Waals surface area (Å²) in [5.41, 5.74) is -1.80. The summed E-state index contributed by atoms with van der Waals surface area (Å²) >= 11 is 0. The normalized spacial score (nSPS) is 36.0. The Morgan fingerprint density at radius 3 is 2.48 bits per heavy atom. The molecule has 2 rings (SSSR count). The van der Waals surface area contributed by atoms with Gasteiger partial charge in [-0.2, -0.15) is 0 Å². The molecule has 0 amide bonds. The van der Waals surface area contributed by atoms with E-state index in [0.717, 1.165) is 19.3 Å². The van der Waals surface area contributed by atoms with Gasteiger partial charge >= 0.3 is 5.97 Å². The predicted octanol–water partition coefficient (Wildman–Crippen LogP) is 4.31. The Morgan fingerprint density at radius 2 is 1.85 bits per heavy atom. The number of carbonyl (C=O) groups excluding carboxylic acids is 2. The first-order valence-corrected chi connectivity index (χ1v) is 9.66. The number of carbonyl (C=O) groups is 2. The van der Waals surface area contributed by atoms with Crippen LogP contribution in [0.1, 0.15) is 53.9 Å². The SMILES string of the molecule is CC=CC=CC=CC(=O)O[C@@H]1C=C(C)[C@](O)(C=O)[C@@]2(C)CCCC(C)(C)[C@H]12. The zero-order chi connectivity index (χ0) is 20.3. The molecule has 0 spiro atoms. The Kier molecular flexibility index (Phi) is 6.31. The van der Waals surface area contributed by atoms with Crippen LogP contribution in [0.4, 0.5) is 0 Å². The van der Waals surface area contributed by atoms with Crippen LogP contribution < -0.4 is 0 Å². The minimum atomic E-state index is -1.52. The second-order valence-corrected chi connectivity index (χ2v) is 8.64. The average Bonchev–Trinajstić information content (AvgIpc) is 2.58. The second-order valence-electron chi connectivity index (χ2n) is 8.64. The third-order valence-electron chi connectivity index (χ3n) is 6.44. The molecule has 1 saturated carbocycles. The van der Waals surface area contributed by atoms with E-state index in [2.05, 4.69) is 13.8 Å². The van der Waals surface area contributed by atoms with Gasteiger partial charge in [0.1, 0.15) is 11.7 Å². The number of aldehydes is 1. The number of hydrogen-bond acceptors (Lipinski definition) is 4. The zero-order valence-electron chi connectivity index (χ0n) is 17.1. The lowest BCUT2D eigenvalue weighted by atomic mass is 9.46. The number of rotatable bonds is 5. The lowest BCUT2D eigenvalue weighted by Crippen LogP contribution is -2.63. The molecule has 0 aromatic heterocycles. The van der Waals surface area contributed by atoms with E-state index in [-0.39, 0.29) is 11.3 Å². The van der Waals surface area contributed by atoms with Gasteiger partial charge in [-0.15, -0.1) is 0 Å². The molecule has 0 heterocycles. The Morgan fingerprint density at radius 1 is 1.19 bits per heavy atom. The molecule has 148 valence electrons. The van der Waals surface area contributed by atoms with Crippen molar-refractivity contribution in [2.75, 3.05) is 0 Å². The van der Waals surface area contributed by atoms with Gasteiger partial charge in [-0.1, -0.05) is 57.6 Å². The monoisotopic (exact) mass is 372 g/mol. The number of hydrogen-bond donors (Lipinski definition) is 1. The quantitative estimate of drug-likeness (QED) is 0.257. The van der Waals surface area contributed by atoms with Crippen molar-refractivity contribution in [1.29, 1.82) is 0 Å². The number of ether oxygens (including phenoxy) is 1. The molecule has 1 N–H and O–H groups in total. The van der Waals surface area contributed by atoms with E-state index >= 15 is 0 Å². The molecule has 0 bridgehead atoms. The van der Waals surface area contributed by atoms with Crippen LogP contribution >= 0.6 is 0 Å². The summed E-state index contributed by atoms with van der Waals surface area (Å²) in [6.45, 7) is 9.88. The fourth-order valence-corrected chi connectivity index (χ4v) is 5.12. The average molecular weight is 373 g/mol. The Hall–Kier alpha value is -1.94. The largest absolute Gasteiger partial charge is 0.455 e. The third-order valence-corrected chi connectivity index (χ3v) is 6.44. The molecule has 4 atom stereocenters. The van der Waals surface area contributed by atoms with E-state index in [1.165, 1.54) is 6.08 Å². The lowest BCUT2D eigenvalue weighted by molar-refractivity contribution is -0.184. The minimum absolute atomic E-state index is 0.145. The molecule has 4 heteroatoms. The molecule has 0 aliphatic heterocycles. The van der Waals surface area contributed by atoms with Crippen LogP contribution in [0.3, 0.4) is 0 Å². The Balaban J connectivity index is 2.35. The van der Waals surface area contributed by atoms with Crippen LogP contribution in [-0.4, -0.2) is 29.1 Å². The number of aliphatic hydroxyl groups is 1. The molecule has 0 aromatic rings. The highest BCUT2D eigenvalue weighted by Gasteiger charge is 2.63. The molecule has 0 saturated heterocycles. The minimum Gasteiger partial charge on any atom is -0.455 e. The Bertz CT molecular complexity index is 697. The fourth-order valence-electron chi connectivity index (χ4n) is 5.12. The van der Waals surface area contributed by atoms with Crippen LogP contribution in [-0.2, 0) is 14.3 Å². The zero-order valence-corrected chi connectivity index (χ0v) is 17.1. The highest BCUT2D eigenvalue weighted by atomic mass is 16.5. The maximum Gasteiger partial charge on any atom is 0.331 e. The summed E-state index contributed by atoms with van der Waals surface area (Å²) in [5, 5.41) is 11.2. The summed E-state index contributed by atoms with van der Waals surface area (Å²) in [6, 6.07) is 0. The molecule has 2 aliphatic carbocycles. The van der Waals surface area contributed by atoms with Crippen molar-refractivity contribution in [3.8, 4) is 0 Å². The molecule has 27 heavy (non-hydrogen) atoms. The molecule has 0 radical (unpaired) electrons. The van der Waals surface area contributed by atoms with Crippen molar-refractivity contribution < 1.29 is 19.4 Å². The number of fused-ring (bicyclic) bond motifs is 1. The van der Waals surface area contributed by atoms with Gasteiger partial charge in [0.2, 0.25) is 0 Å².